The number of halogens is 1. The summed E-state index contributed by atoms with van der Waals surface area (Å²) < 4.78 is 18.8. The molecule has 1 amide bonds. The fourth-order valence-corrected chi connectivity index (χ4v) is 2.98. The van der Waals surface area contributed by atoms with Gasteiger partial charge in [0.05, 0.1) is 13.2 Å². The Labute approximate surface area is 162 Å². The summed E-state index contributed by atoms with van der Waals surface area (Å²) in [7, 11) is 0. The Kier molecular flexibility index (Phi) is 5.25. The molecule has 1 aliphatic rings. The van der Waals surface area contributed by atoms with E-state index in [1.807, 2.05) is 30.3 Å². The van der Waals surface area contributed by atoms with Gasteiger partial charge in [-0.25, -0.2) is 14.4 Å². The number of benzene rings is 2. The second kappa shape index (κ2) is 8.14. The minimum absolute atomic E-state index is 0.222. The van der Waals surface area contributed by atoms with Crippen molar-refractivity contribution in [2.24, 2.45) is 0 Å². The van der Waals surface area contributed by atoms with Crippen molar-refractivity contribution in [3.8, 4) is 11.4 Å². The Balaban J connectivity index is 1.69. The molecule has 0 bridgehead atoms. The van der Waals surface area contributed by atoms with E-state index in [9.17, 15) is 9.18 Å². The van der Waals surface area contributed by atoms with E-state index >= 15 is 0 Å². The van der Waals surface area contributed by atoms with Gasteiger partial charge in [-0.3, -0.25) is 4.79 Å². The van der Waals surface area contributed by atoms with E-state index in [2.05, 4.69) is 20.2 Å². The van der Waals surface area contributed by atoms with Crippen LogP contribution in [0.1, 0.15) is 10.5 Å². The number of nitrogens with one attached hydrogen (secondary N) is 1. The van der Waals surface area contributed by atoms with Gasteiger partial charge in [-0.15, -0.1) is 0 Å². The highest BCUT2D eigenvalue weighted by molar-refractivity contribution is 6.03. The molecule has 4 rings (SSSR count). The van der Waals surface area contributed by atoms with Crippen LogP contribution in [0.25, 0.3) is 11.4 Å². The summed E-state index contributed by atoms with van der Waals surface area (Å²) in [4.78, 5) is 23.9. The SMILES string of the molecule is O=C(Nc1cccc(F)c1)c1cc(N2CCOCC2)nc(-c2ccccc2)n1. The predicted octanol–water partition coefficient (Wildman–Crippen LogP) is 3.37. The molecule has 0 atom stereocenters. The van der Waals surface area contributed by atoms with E-state index in [4.69, 9.17) is 4.74 Å². The minimum Gasteiger partial charge on any atom is -0.378 e. The molecule has 142 valence electrons. The van der Waals surface area contributed by atoms with Crippen molar-refractivity contribution in [1.82, 2.24) is 9.97 Å². The second-order valence-corrected chi connectivity index (χ2v) is 6.36. The number of morpholine rings is 1. The molecule has 7 heteroatoms. The molecule has 0 unspecified atom stereocenters. The lowest BCUT2D eigenvalue weighted by molar-refractivity contribution is 0.102. The molecule has 2 heterocycles. The first-order chi connectivity index (χ1) is 13.7. The molecule has 2 aromatic carbocycles. The van der Waals surface area contributed by atoms with Gasteiger partial charge >= 0.3 is 0 Å². The van der Waals surface area contributed by atoms with Crippen LogP contribution in [0.15, 0.2) is 60.7 Å². The highest BCUT2D eigenvalue weighted by atomic mass is 19.1. The van der Waals surface area contributed by atoms with E-state index in [0.29, 0.717) is 43.6 Å². The molecule has 1 aliphatic heterocycles. The topological polar surface area (TPSA) is 67.4 Å². The molecule has 3 aromatic rings. The summed E-state index contributed by atoms with van der Waals surface area (Å²) in [5, 5.41) is 2.70. The Morgan fingerprint density at radius 1 is 1.00 bits per heavy atom. The molecule has 0 aliphatic carbocycles. The van der Waals surface area contributed by atoms with Gasteiger partial charge in [0.2, 0.25) is 0 Å². The smallest absolute Gasteiger partial charge is 0.274 e. The molecular formula is C21H19FN4O2. The van der Waals surface area contributed by atoms with E-state index in [1.165, 1.54) is 12.1 Å². The van der Waals surface area contributed by atoms with Crippen LogP contribution in [-0.2, 0) is 4.74 Å². The number of amides is 1. The van der Waals surface area contributed by atoms with E-state index in [-0.39, 0.29) is 5.69 Å². The van der Waals surface area contributed by atoms with Crippen LogP contribution < -0.4 is 10.2 Å². The molecule has 28 heavy (non-hydrogen) atoms. The monoisotopic (exact) mass is 378 g/mol. The zero-order chi connectivity index (χ0) is 19.3. The first kappa shape index (κ1) is 18.1. The number of hydrogen-bond acceptors (Lipinski definition) is 5. The molecule has 1 fully saturated rings. The van der Waals surface area contributed by atoms with Gasteiger partial charge in [0.15, 0.2) is 5.82 Å². The number of rotatable bonds is 4. The fraction of sp³-hybridized carbons (Fsp3) is 0.190. The highest BCUT2D eigenvalue weighted by Gasteiger charge is 2.18. The van der Waals surface area contributed by atoms with Crippen LogP contribution in [0, 0.1) is 5.82 Å². The molecule has 0 radical (unpaired) electrons. The van der Waals surface area contributed by atoms with Gasteiger partial charge < -0.3 is 15.0 Å². The normalized spacial score (nSPS) is 14.0. The highest BCUT2D eigenvalue weighted by Crippen LogP contribution is 2.22. The quantitative estimate of drug-likeness (QED) is 0.754. The fourth-order valence-electron chi connectivity index (χ4n) is 2.98. The second-order valence-electron chi connectivity index (χ2n) is 6.36. The third-order valence-corrected chi connectivity index (χ3v) is 4.39. The zero-order valence-electron chi connectivity index (χ0n) is 15.1. The number of nitrogens with zero attached hydrogens (tertiary/aromatic N) is 3. The van der Waals surface area contributed by atoms with Gasteiger partial charge in [-0.2, -0.15) is 0 Å². The Morgan fingerprint density at radius 2 is 1.79 bits per heavy atom. The lowest BCUT2D eigenvalue weighted by Gasteiger charge is -2.28. The average molecular weight is 378 g/mol. The average Bonchev–Trinajstić information content (AvgIpc) is 2.75. The summed E-state index contributed by atoms with van der Waals surface area (Å²) in [6.07, 6.45) is 0. The molecular weight excluding hydrogens is 359 g/mol. The summed E-state index contributed by atoms with van der Waals surface area (Å²) in [5.74, 6) is 0.301. The van der Waals surface area contributed by atoms with Gasteiger partial charge in [-0.1, -0.05) is 36.4 Å². The molecule has 1 aromatic heterocycles. The van der Waals surface area contributed by atoms with E-state index < -0.39 is 11.7 Å². The van der Waals surface area contributed by atoms with Gasteiger partial charge in [0, 0.05) is 30.4 Å². The number of carbonyl (C=O) groups excluding carboxylic acids is 1. The zero-order valence-corrected chi connectivity index (χ0v) is 15.1. The molecule has 1 N–H and O–H groups in total. The predicted molar refractivity (Wildman–Crippen MR) is 105 cm³/mol. The third-order valence-electron chi connectivity index (χ3n) is 4.39. The van der Waals surface area contributed by atoms with Crippen LogP contribution in [0.2, 0.25) is 0 Å². The molecule has 1 saturated heterocycles. The standard InChI is InChI=1S/C21H19FN4O2/c22-16-7-4-8-17(13-16)23-21(27)18-14-19(26-9-11-28-12-10-26)25-20(24-18)15-5-2-1-3-6-15/h1-8,13-14H,9-12H2,(H,23,27). The number of aromatic nitrogens is 2. The lowest BCUT2D eigenvalue weighted by atomic mass is 10.2. The van der Waals surface area contributed by atoms with Crippen molar-refractivity contribution < 1.29 is 13.9 Å². The van der Waals surface area contributed by atoms with Crippen LogP contribution in [0.5, 0.6) is 0 Å². The summed E-state index contributed by atoms with van der Waals surface area (Å²) in [5.41, 5.74) is 1.41. The largest absolute Gasteiger partial charge is 0.378 e. The number of carbonyl (C=O) groups is 1. The number of hydrogen-bond donors (Lipinski definition) is 1. The van der Waals surface area contributed by atoms with Gasteiger partial charge in [0.1, 0.15) is 17.3 Å². The lowest BCUT2D eigenvalue weighted by Crippen LogP contribution is -2.37. The maximum absolute atomic E-state index is 13.4. The molecule has 6 nitrogen and oxygen atoms in total. The summed E-state index contributed by atoms with van der Waals surface area (Å²) in [6, 6.07) is 16.9. The first-order valence-electron chi connectivity index (χ1n) is 9.03. The van der Waals surface area contributed by atoms with Crippen molar-refractivity contribution in [2.75, 3.05) is 36.5 Å². The van der Waals surface area contributed by atoms with Gasteiger partial charge in [-0.05, 0) is 18.2 Å². The van der Waals surface area contributed by atoms with Gasteiger partial charge in [0.25, 0.3) is 5.91 Å². The van der Waals surface area contributed by atoms with Crippen molar-refractivity contribution in [3.05, 3.63) is 72.2 Å². The Morgan fingerprint density at radius 3 is 2.54 bits per heavy atom. The molecule has 0 saturated carbocycles. The number of ether oxygens (including phenoxy) is 1. The number of anilines is 2. The minimum atomic E-state index is -0.417. The van der Waals surface area contributed by atoms with Crippen molar-refractivity contribution >= 4 is 17.4 Å². The summed E-state index contributed by atoms with van der Waals surface area (Å²) >= 11 is 0. The first-order valence-corrected chi connectivity index (χ1v) is 9.03. The Hall–Kier alpha value is -3.32. The maximum Gasteiger partial charge on any atom is 0.274 e. The van der Waals surface area contributed by atoms with Crippen molar-refractivity contribution in [1.29, 1.82) is 0 Å². The summed E-state index contributed by atoms with van der Waals surface area (Å²) in [6.45, 7) is 2.59. The van der Waals surface area contributed by atoms with Crippen LogP contribution in [-0.4, -0.2) is 42.2 Å². The maximum atomic E-state index is 13.4. The van der Waals surface area contributed by atoms with Crippen molar-refractivity contribution in [3.63, 3.8) is 0 Å². The Bertz CT molecular complexity index is 975. The molecule has 0 spiro atoms. The van der Waals surface area contributed by atoms with Crippen LogP contribution >= 0.6 is 0 Å². The van der Waals surface area contributed by atoms with E-state index in [0.717, 1.165) is 5.56 Å². The van der Waals surface area contributed by atoms with Crippen molar-refractivity contribution in [2.45, 2.75) is 0 Å². The van der Waals surface area contributed by atoms with Crippen LogP contribution in [0.4, 0.5) is 15.9 Å². The van der Waals surface area contributed by atoms with Crippen LogP contribution in [0.3, 0.4) is 0 Å². The third kappa shape index (κ3) is 4.15. The van der Waals surface area contributed by atoms with E-state index in [1.54, 1.807) is 18.2 Å².